The number of benzene rings is 1. The molecule has 0 atom stereocenters. The maximum absolute atomic E-state index is 13.7. The molecule has 0 aliphatic rings. The van der Waals surface area contributed by atoms with E-state index >= 15 is 0 Å². The Morgan fingerprint density at radius 1 is 1.08 bits per heavy atom. The largest absolute Gasteiger partial charge is 0.417 e. The van der Waals surface area contributed by atoms with Gasteiger partial charge in [0.2, 0.25) is 0 Å². The maximum Gasteiger partial charge on any atom is 0.417 e. The van der Waals surface area contributed by atoms with E-state index in [0.29, 0.717) is 22.9 Å². The molecule has 8 nitrogen and oxygen atoms in total. The van der Waals surface area contributed by atoms with Crippen molar-refractivity contribution in [2.75, 3.05) is 5.32 Å². The van der Waals surface area contributed by atoms with Gasteiger partial charge in [0.05, 0.1) is 11.3 Å². The molecule has 0 saturated carbocycles. The van der Waals surface area contributed by atoms with Crippen molar-refractivity contribution in [1.29, 1.82) is 0 Å². The second-order valence-electron chi connectivity index (χ2n) is 7.96. The molecular formula is C24H18F3N7OS. The Hall–Kier alpha value is -4.32. The minimum absolute atomic E-state index is 0.0381. The molecule has 182 valence electrons. The van der Waals surface area contributed by atoms with Crippen molar-refractivity contribution >= 4 is 23.1 Å². The summed E-state index contributed by atoms with van der Waals surface area (Å²) in [4.78, 5) is 21.7. The van der Waals surface area contributed by atoms with Gasteiger partial charge < -0.3 is 5.32 Å². The Kier molecular flexibility index (Phi) is 5.88. The molecule has 0 aliphatic carbocycles. The van der Waals surface area contributed by atoms with E-state index < -0.39 is 17.6 Å². The average molecular weight is 510 g/mol. The molecule has 0 unspecified atom stereocenters. The van der Waals surface area contributed by atoms with Gasteiger partial charge in [-0.05, 0) is 44.2 Å². The van der Waals surface area contributed by atoms with Gasteiger partial charge in [-0.15, -0.1) is 11.3 Å². The molecule has 2 N–H and O–H groups in total. The van der Waals surface area contributed by atoms with Crippen LogP contribution in [0.2, 0.25) is 0 Å². The summed E-state index contributed by atoms with van der Waals surface area (Å²) in [5.74, 6) is 0.0919. The zero-order chi connectivity index (χ0) is 25.4. The number of hydrogen-bond donors (Lipinski definition) is 2. The monoisotopic (exact) mass is 509 g/mol. The predicted octanol–water partition coefficient (Wildman–Crippen LogP) is 5.67. The first-order valence-corrected chi connectivity index (χ1v) is 11.6. The van der Waals surface area contributed by atoms with E-state index in [1.165, 1.54) is 10.7 Å². The van der Waals surface area contributed by atoms with Crippen LogP contribution in [0.1, 0.15) is 27.3 Å². The number of pyridine rings is 1. The van der Waals surface area contributed by atoms with E-state index in [1.54, 1.807) is 42.8 Å². The highest BCUT2D eigenvalue weighted by molar-refractivity contribution is 7.13. The van der Waals surface area contributed by atoms with Crippen LogP contribution >= 0.6 is 11.3 Å². The number of aromatic amines is 1. The van der Waals surface area contributed by atoms with Gasteiger partial charge in [0, 0.05) is 46.2 Å². The first-order valence-electron chi connectivity index (χ1n) is 10.7. The number of amides is 1. The van der Waals surface area contributed by atoms with Crippen LogP contribution in [0.4, 0.5) is 19.0 Å². The van der Waals surface area contributed by atoms with Crippen molar-refractivity contribution in [2.45, 2.75) is 20.0 Å². The van der Waals surface area contributed by atoms with E-state index in [9.17, 15) is 18.0 Å². The van der Waals surface area contributed by atoms with Gasteiger partial charge in [0.25, 0.3) is 5.91 Å². The molecule has 0 spiro atoms. The summed E-state index contributed by atoms with van der Waals surface area (Å²) in [5, 5.41) is 16.1. The van der Waals surface area contributed by atoms with Crippen molar-refractivity contribution in [1.82, 2.24) is 29.9 Å². The van der Waals surface area contributed by atoms with E-state index in [2.05, 4.69) is 30.6 Å². The van der Waals surface area contributed by atoms with Gasteiger partial charge in [-0.2, -0.15) is 28.1 Å². The molecule has 0 fully saturated rings. The highest BCUT2D eigenvalue weighted by Gasteiger charge is 2.35. The number of nitrogens with zero attached hydrogens (tertiary/aromatic N) is 5. The van der Waals surface area contributed by atoms with Gasteiger partial charge in [-0.1, -0.05) is 6.07 Å². The molecule has 1 amide bonds. The predicted molar refractivity (Wildman–Crippen MR) is 129 cm³/mol. The third-order valence-corrected chi connectivity index (χ3v) is 6.22. The Morgan fingerprint density at radius 2 is 1.92 bits per heavy atom. The molecule has 5 aromatic rings. The summed E-state index contributed by atoms with van der Waals surface area (Å²) >= 11 is 1.08. The van der Waals surface area contributed by atoms with Gasteiger partial charge >= 0.3 is 6.18 Å². The van der Waals surface area contributed by atoms with Crippen molar-refractivity contribution in [3.8, 4) is 27.8 Å². The van der Waals surface area contributed by atoms with E-state index in [4.69, 9.17) is 0 Å². The summed E-state index contributed by atoms with van der Waals surface area (Å²) in [6.07, 6.45) is -2.98. The molecule has 5 rings (SSSR count). The zero-order valence-corrected chi connectivity index (χ0v) is 19.8. The van der Waals surface area contributed by atoms with Crippen LogP contribution in [-0.4, -0.2) is 35.9 Å². The van der Waals surface area contributed by atoms with Crippen LogP contribution in [-0.2, 0) is 6.18 Å². The summed E-state index contributed by atoms with van der Waals surface area (Å²) in [5.41, 5.74) is 1.47. The minimum atomic E-state index is -4.60. The van der Waals surface area contributed by atoms with Crippen LogP contribution in [0, 0.1) is 13.8 Å². The number of rotatable bonds is 5. The first-order chi connectivity index (χ1) is 17.2. The number of carbonyl (C=O) groups is 1. The number of carbonyl (C=O) groups excluding carboxylic acids is 1. The molecule has 12 heteroatoms. The van der Waals surface area contributed by atoms with Gasteiger partial charge in [-0.25, -0.2) is 4.98 Å². The van der Waals surface area contributed by atoms with Crippen LogP contribution < -0.4 is 5.32 Å². The maximum atomic E-state index is 13.7. The summed E-state index contributed by atoms with van der Waals surface area (Å²) in [6, 6.07) is 12.0. The van der Waals surface area contributed by atoms with Gasteiger partial charge in [0.15, 0.2) is 5.82 Å². The molecule has 0 bridgehead atoms. The lowest BCUT2D eigenvalue weighted by Crippen LogP contribution is -2.16. The van der Waals surface area contributed by atoms with Crippen molar-refractivity contribution in [3.05, 3.63) is 82.6 Å². The fourth-order valence-corrected chi connectivity index (χ4v) is 4.40. The van der Waals surface area contributed by atoms with E-state index in [0.717, 1.165) is 29.2 Å². The number of aryl methyl sites for hydroxylation is 2. The lowest BCUT2D eigenvalue weighted by atomic mass is 10.0. The molecule has 36 heavy (non-hydrogen) atoms. The Labute approximate surface area is 206 Å². The molecule has 4 heterocycles. The summed E-state index contributed by atoms with van der Waals surface area (Å²) < 4.78 is 42.5. The molecule has 1 aromatic carbocycles. The van der Waals surface area contributed by atoms with Crippen LogP contribution in [0.25, 0.3) is 27.8 Å². The average Bonchev–Trinajstić information content (AvgIpc) is 3.58. The third kappa shape index (κ3) is 4.62. The Morgan fingerprint density at radius 3 is 2.56 bits per heavy atom. The molecule has 0 radical (unpaired) electrons. The smallest absolute Gasteiger partial charge is 0.306 e. The van der Waals surface area contributed by atoms with E-state index in [1.807, 2.05) is 13.0 Å². The summed E-state index contributed by atoms with van der Waals surface area (Å²) in [6.45, 7) is 3.52. The van der Waals surface area contributed by atoms with E-state index in [-0.39, 0.29) is 22.0 Å². The topological polar surface area (TPSA) is 101 Å². The number of anilines is 1. The van der Waals surface area contributed by atoms with Gasteiger partial charge in [-0.3, -0.25) is 14.9 Å². The molecule has 4 aromatic heterocycles. The highest BCUT2D eigenvalue weighted by atomic mass is 32.1. The number of aromatic nitrogens is 6. The minimum Gasteiger partial charge on any atom is -0.306 e. The highest BCUT2D eigenvalue weighted by Crippen LogP contribution is 2.39. The van der Waals surface area contributed by atoms with Crippen molar-refractivity contribution in [2.24, 2.45) is 0 Å². The van der Waals surface area contributed by atoms with Crippen LogP contribution in [0.5, 0.6) is 0 Å². The Balaban J connectivity index is 1.54. The number of hydrogen-bond acceptors (Lipinski definition) is 6. The lowest BCUT2D eigenvalue weighted by Gasteiger charge is -2.13. The normalized spacial score (nSPS) is 11.6. The number of nitrogens with one attached hydrogen (secondary N) is 2. The second kappa shape index (κ2) is 9.04. The molecule has 0 aliphatic heterocycles. The standard InChI is InChI=1S/C24H18F3N7OS/c1-13-9-21(32-31-13)34-20(11-19(33-34)18-5-3-4-8-28-18)30-22(35)15-6-7-17(24(25,26)27)16(10-15)23-29-14(2)12-36-23/h3-12H,1-2H3,(H,30,35)(H,31,32). The summed E-state index contributed by atoms with van der Waals surface area (Å²) in [7, 11) is 0. The number of halogens is 3. The Bertz CT molecular complexity index is 1550. The van der Waals surface area contributed by atoms with Crippen molar-refractivity contribution in [3.63, 3.8) is 0 Å². The fraction of sp³-hybridized carbons (Fsp3) is 0.125. The van der Waals surface area contributed by atoms with Gasteiger partial charge in [0.1, 0.15) is 16.5 Å². The van der Waals surface area contributed by atoms with Crippen LogP contribution in [0.3, 0.4) is 0 Å². The molecular weight excluding hydrogens is 491 g/mol. The number of H-pyrrole nitrogens is 1. The number of thiazole rings is 1. The zero-order valence-electron chi connectivity index (χ0n) is 19.0. The fourth-order valence-electron chi connectivity index (χ4n) is 3.57. The SMILES string of the molecule is Cc1csc(-c2cc(C(=O)Nc3cc(-c4ccccn4)nn3-c3cc(C)[nH]n3)ccc2C(F)(F)F)n1. The molecule has 0 saturated heterocycles. The quantitative estimate of drug-likeness (QED) is 0.318. The third-order valence-electron chi connectivity index (χ3n) is 5.22. The second-order valence-corrected chi connectivity index (χ2v) is 8.82. The van der Waals surface area contributed by atoms with Crippen LogP contribution in [0.15, 0.2) is 60.1 Å². The number of alkyl halides is 3. The van der Waals surface area contributed by atoms with Crippen molar-refractivity contribution < 1.29 is 18.0 Å². The first kappa shape index (κ1) is 23.4. The lowest BCUT2D eigenvalue weighted by molar-refractivity contribution is -0.137.